The maximum absolute atomic E-state index is 13.1. The topological polar surface area (TPSA) is 60.9 Å². The molecular weight excluding hydrogens is 337 g/mol. The number of alkyl halides is 3. The van der Waals surface area contributed by atoms with Crippen molar-refractivity contribution in [2.75, 3.05) is 29.4 Å². The molecule has 0 aliphatic carbocycles. The molecule has 2 heterocycles. The van der Waals surface area contributed by atoms with Crippen molar-refractivity contribution in [1.82, 2.24) is 0 Å². The molecule has 1 amide bonds. The molecule has 0 spiro atoms. The van der Waals surface area contributed by atoms with Crippen molar-refractivity contribution in [3.8, 4) is 0 Å². The Morgan fingerprint density at radius 1 is 1.12 bits per heavy atom. The van der Waals surface area contributed by atoms with Crippen molar-refractivity contribution >= 4 is 23.3 Å². The predicted octanol–water partition coefficient (Wildman–Crippen LogP) is 3.13. The Kier molecular flexibility index (Phi) is 4.62. The third-order valence-electron chi connectivity index (χ3n) is 4.76. The summed E-state index contributed by atoms with van der Waals surface area (Å²) in [6.07, 6.45) is -1.77. The zero-order valence-corrected chi connectivity index (χ0v) is 13.6. The molecule has 0 aromatic heterocycles. The summed E-state index contributed by atoms with van der Waals surface area (Å²) in [4.78, 5) is 26.6. The number of halogens is 3. The maximum atomic E-state index is 13.1. The second-order valence-corrected chi connectivity index (χ2v) is 6.49. The molecule has 2 aliphatic heterocycles. The van der Waals surface area contributed by atoms with Crippen LogP contribution in [-0.4, -0.2) is 36.6 Å². The number of hydrogen-bond acceptors (Lipinski definition) is 3. The Hall–Kier alpha value is -2.25. The average molecular weight is 356 g/mol. The number of anilines is 2. The number of nitrogens with zero attached hydrogens (tertiary/aromatic N) is 2. The van der Waals surface area contributed by atoms with Gasteiger partial charge in [0.1, 0.15) is 0 Å². The monoisotopic (exact) mass is 356 g/mol. The summed E-state index contributed by atoms with van der Waals surface area (Å²) in [5, 5.41) is 9.13. The van der Waals surface area contributed by atoms with Crippen molar-refractivity contribution in [1.29, 1.82) is 0 Å². The number of carbonyl (C=O) groups excluding carboxylic acids is 1. The van der Waals surface area contributed by atoms with Crippen LogP contribution in [0.5, 0.6) is 0 Å². The second kappa shape index (κ2) is 6.57. The summed E-state index contributed by atoms with van der Waals surface area (Å²) in [7, 11) is 0. The number of carbonyl (C=O) groups is 2. The van der Waals surface area contributed by atoms with E-state index in [-0.39, 0.29) is 18.7 Å². The summed E-state index contributed by atoms with van der Waals surface area (Å²) in [6.45, 7) is 1.32. The zero-order valence-electron chi connectivity index (χ0n) is 13.6. The van der Waals surface area contributed by atoms with Crippen LogP contribution in [0.1, 0.15) is 31.2 Å². The molecule has 3 rings (SSSR count). The lowest BCUT2D eigenvalue weighted by Gasteiger charge is -2.33. The van der Waals surface area contributed by atoms with Gasteiger partial charge in [0, 0.05) is 26.1 Å². The van der Waals surface area contributed by atoms with E-state index in [1.165, 1.54) is 11.0 Å². The molecule has 1 aromatic carbocycles. The number of hydrogen-bond donors (Lipinski definition) is 1. The average Bonchev–Trinajstić information content (AvgIpc) is 2.96. The molecule has 0 saturated carbocycles. The number of carboxylic acid groups (broad SMARTS) is 1. The van der Waals surface area contributed by atoms with Gasteiger partial charge in [0.25, 0.3) is 0 Å². The van der Waals surface area contributed by atoms with Gasteiger partial charge < -0.3 is 14.9 Å². The summed E-state index contributed by atoms with van der Waals surface area (Å²) in [5.74, 6) is -2.46. The van der Waals surface area contributed by atoms with Gasteiger partial charge in [-0.25, -0.2) is 0 Å². The van der Waals surface area contributed by atoms with Gasteiger partial charge in [0.15, 0.2) is 0 Å². The predicted molar refractivity (Wildman–Crippen MR) is 85.6 cm³/mol. The van der Waals surface area contributed by atoms with Crippen molar-refractivity contribution < 1.29 is 27.9 Å². The summed E-state index contributed by atoms with van der Waals surface area (Å²) in [5.41, 5.74) is -0.118. The fourth-order valence-corrected chi connectivity index (χ4v) is 3.42. The summed E-state index contributed by atoms with van der Waals surface area (Å²) >= 11 is 0. The van der Waals surface area contributed by atoms with Crippen LogP contribution >= 0.6 is 0 Å². The molecule has 0 bridgehead atoms. The van der Waals surface area contributed by atoms with E-state index < -0.39 is 29.5 Å². The van der Waals surface area contributed by atoms with Gasteiger partial charge in [-0.05, 0) is 37.5 Å². The lowest BCUT2D eigenvalue weighted by Crippen LogP contribution is -2.33. The Balaban J connectivity index is 2.01. The first-order chi connectivity index (χ1) is 11.8. The van der Waals surface area contributed by atoms with Gasteiger partial charge >= 0.3 is 12.1 Å². The molecule has 1 unspecified atom stereocenters. The highest BCUT2D eigenvalue weighted by Crippen LogP contribution is 2.40. The molecule has 2 aliphatic rings. The van der Waals surface area contributed by atoms with Crippen LogP contribution < -0.4 is 9.80 Å². The first kappa shape index (κ1) is 17.6. The number of amides is 1. The molecule has 2 fully saturated rings. The van der Waals surface area contributed by atoms with E-state index in [1.54, 1.807) is 0 Å². The normalized spacial score (nSPS) is 21.7. The zero-order chi connectivity index (χ0) is 18.2. The van der Waals surface area contributed by atoms with Gasteiger partial charge in [-0.15, -0.1) is 0 Å². The van der Waals surface area contributed by atoms with Crippen LogP contribution in [0.15, 0.2) is 18.2 Å². The summed E-state index contributed by atoms with van der Waals surface area (Å²) in [6, 6.07) is 3.37. The maximum Gasteiger partial charge on any atom is 0.416 e. The molecule has 136 valence electrons. The molecule has 5 nitrogen and oxygen atoms in total. The lowest BCUT2D eigenvalue weighted by atomic mass is 10.1. The molecule has 1 aromatic rings. The van der Waals surface area contributed by atoms with E-state index in [2.05, 4.69) is 0 Å². The minimum atomic E-state index is -4.52. The van der Waals surface area contributed by atoms with E-state index in [9.17, 15) is 22.8 Å². The SMILES string of the molecule is O=C(O)C1CC(=O)N(c2cc(C(F)(F)F)ccc2N2CCCCC2)C1. The number of carboxylic acids is 1. The molecule has 0 radical (unpaired) electrons. The fraction of sp³-hybridized carbons (Fsp3) is 0.529. The number of benzene rings is 1. The molecule has 25 heavy (non-hydrogen) atoms. The highest BCUT2D eigenvalue weighted by Gasteiger charge is 2.38. The number of aliphatic carboxylic acids is 1. The van der Waals surface area contributed by atoms with E-state index in [0.29, 0.717) is 18.8 Å². The van der Waals surface area contributed by atoms with Crippen LogP contribution in [0.3, 0.4) is 0 Å². The highest BCUT2D eigenvalue weighted by atomic mass is 19.4. The van der Waals surface area contributed by atoms with Crippen molar-refractivity contribution in [2.24, 2.45) is 5.92 Å². The van der Waals surface area contributed by atoms with Crippen molar-refractivity contribution in [2.45, 2.75) is 31.9 Å². The smallest absolute Gasteiger partial charge is 0.416 e. The fourth-order valence-electron chi connectivity index (χ4n) is 3.42. The van der Waals surface area contributed by atoms with Gasteiger partial charge in [0.2, 0.25) is 5.91 Å². The Morgan fingerprint density at radius 2 is 1.80 bits per heavy atom. The first-order valence-electron chi connectivity index (χ1n) is 8.27. The van der Waals surface area contributed by atoms with Gasteiger partial charge in [-0.2, -0.15) is 13.2 Å². The van der Waals surface area contributed by atoms with Gasteiger partial charge in [-0.3, -0.25) is 9.59 Å². The quantitative estimate of drug-likeness (QED) is 0.904. The van der Waals surface area contributed by atoms with Crippen molar-refractivity contribution in [3.05, 3.63) is 23.8 Å². The third kappa shape index (κ3) is 3.57. The minimum absolute atomic E-state index is 0.101. The lowest BCUT2D eigenvalue weighted by molar-refractivity contribution is -0.141. The van der Waals surface area contributed by atoms with Gasteiger partial charge in [0.05, 0.1) is 22.9 Å². The highest BCUT2D eigenvalue weighted by molar-refractivity contribution is 6.01. The Labute approximate surface area is 143 Å². The number of rotatable bonds is 3. The van der Waals surface area contributed by atoms with Crippen LogP contribution in [-0.2, 0) is 15.8 Å². The number of piperidine rings is 1. The second-order valence-electron chi connectivity index (χ2n) is 6.49. The Bertz CT molecular complexity index is 684. The molecule has 8 heteroatoms. The van der Waals surface area contributed by atoms with Crippen molar-refractivity contribution in [3.63, 3.8) is 0 Å². The minimum Gasteiger partial charge on any atom is -0.481 e. The van der Waals surface area contributed by atoms with Crippen LogP contribution in [0.25, 0.3) is 0 Å². The standard InChI is InChI=1S/C17H19F3N2O3/c18-17(19,20)12-4-5-13(21-6-2-1-3-7-21)14(9-12)22-10-11(16(24)25)8-15(22)23/h4-5,9,11H,1-3,6-8,10H2,(H,24,25). The van der Waals surface area contributed by atoms with Crippen LogP contribution in [0, 0.1) is 5.92 Å². The summed E-state index contributed by atoms with van der Waals surface area (Å²) < 4.78 is 39.4. The van der Waals surface area contributed by atoms with E-state index in [4.69, 9.17) is 5.11 Å². The van der Waals surface area contributed by atoms with E-state index in [1.807, 2.05) is 4.90 Å². The molecule has 1 N–H and O–H groups in total. The van der Waals surface area contributed by atoms with Crippen LogP contribution in [0.2, 0.25) is 0 Å². The molecular formula is C17H19F3N2O3. The molecule has 1 atom stereocenters. The van der Waals surface area contributed by atoms with Crippen LogP contribution in [0.4, 0.5) is 24.5 Å². The third-order valence-corrected chi connectivity index (χ3v) is 4.76. The largest absolute Gasteiger partial charge is 0.481 e. The van der Waals surface area contributed by atoms with E-state index in [0.717, 1.165) is 31.4 Å². The first-order valence-corrected chi connectivity index (χ1v) is 8.27. The molecule has 2 saturated heterocycles. The van der Waals surface area contributed by atoms with Gasteiger partial charge in [-0.1, -0.05) is 0 Å². The van der Waals surface area contributed by atoms with E-state index >= 15 is 0 Å². The Morgan fingerprint density at radius 3 is 2.36 bits per heavy atom.